The highest BCUT2D eigenvalue weighted by atomic mass is 35.5. The van der Waals surface area contributed by atoms with Crippen molar-refractivity contribution in [1.82, 2.24) is 10.2 Å². The smallest absolute Gasteiger partial charge is 0.260 e. The number of nitrogens with zero attached hydrogens (tertiary/aromatic N) is 1. The molecular formula is C17H27ClN2O2. The quantitative estimate of drug-likeness (QED) is 0.904. The average molecular weight is 327 g/mol. The molecule has 1 atom stereocenters. The second kappa shape index (κ2) is 8.39. The van der Waals surface area contributed by atoms with Crippen LogP contribution in [0.4, 0.5) is 0 Å². The number of rotatable bonds is 5. The van der Waals surface area contributed by atoms with Crippen molar-refractivity contribution in [2.75, 3.05) is 26.7 Å². The van der Waals surface area contributed by atoms with Crippen LogP contribution in [0.5, 0.6) is 5.75 Å². The number of amides is 1. The van der Waals surface area contributed by atoms with E-state index in [1.807, 2.05) is 24.9 Å². The van der Waals surface area contributed by atoms with E-state index in [9.17, 15) is 4.79 Å². The summed E-state index contributed by atoms with van der Waals surface area (Å²) in [7, 11) is 1.86. The van der Waals surface area contributed by atoms with Gasteiger partial charge in [0.25, 0.3) is 5.91 Å². The summed E-state index contributed by atoms with van der Waals surface area (Å²) < 4.78 is 5.81. The number of halogens is 1. The molecule has 124 valence electrons. The number of aryl methyl sites for hydroxylation is 1. The average Bonchev–Trinajstić information content (AvgIpc) is 2.97. The van der Waals surface area contributed by atoms with Gasteiger partial charge in [0.05, 0.1) is 0 Å². The van der Waals surface area contributed by atoms with E-state index < -0.39 is 0 Å². The summed E-state index contributed by atoms with van der Waals surface area (Å²) in [5, 5.41) is 3.28. The number of nitrogens with one attached hydrogen (secondary N) is 1. The molecular weight excluding hydrogens is 300 g/mol. The van der Waals surface area contributed by atoms with Gasteiger partial charge in [0.2, 0.25) is 0 Å². The number of carbonyl (C=O) groups is 1. The second-order valence-corrected chi connectivity index (χ2v) is 6.14. The van der Waals surface area contributed by atoms with Crippen molar-refractivity contribution in [2.45, 2.75) is 39.2 Å². The molecule has 0 saturated carbocycles. The molecule has 1 aliphatic heterocycles. The molecule has 0 radical (unpaired) electrons. The van der Waals surface area contributed by atoms with E-state index in [1.165, 1.54) is 0 Å². The lowest BCUT2D eigenvalue weighted by molar-refractivity contribution is -0.133. The number of hydrogen-bond donors (Lipinski definition) is 1. The van der Waals surface area contributed by atoms with Crippen molar-refractivity contribution in [3.63, 3.8) is 0 Å². The molecule has 1 aliphatic rings. The SMILES string of the molecule is Cc1ccc(C(C)C)c(OCC(=O)N(C)C2CCNC2)c1.Cl. The van der Waals surface area contributed by atoms with Gasteiger partial charge in [-0.05, 0) is 43.0 Å². The van der Waals surface area contributed by atoms with Crippen LogP contribution in [0.25, 0.3) is 0 Å². The molecule has 0 spiro atoms. The maximum Gasteiger partial charge on any atom is 0.260 e. The third-order valence-electron chi connectivity index (χ3n) is 4.12. The minimum atomic E-state index is 0. The molecule has 0 aromatic heterocycles. The maximum absolute atomic E-state index is 12.2. The predicted octanol–water partition coefficient (Wildman–Crippen LogP) is 2.74. The lowest BCUT2D eigenvalue weighted by Gasteiger charge is -2.24. The number of ether oxygens (including phenoxy) is 1. The Hall–Kier alpha value is -1.26. The molecule has 1 amide bonds. The van der Waals surface area contributed by atoms with E-state index >= 15 is 0 Å². The Bertz CT molecular complexity index is 499. The highest BCUT2D eigenvalue weighted by Crippen LogP contribution is 2.27. The first-order valence-electron chi connectivity index (χ1n) is 7.68. The Morgan fingerprint density at radius 2 is 2.18 bits per heavy atom. The molecule has 22 heavy (non-hydrogen) atoms. The van der Waals surface area contributed by atoms with E-state index in [-0.39, 0.29) is 24.9 Å². The van der Waals surface area contributed by atoms with Gasteiger partial charge in [0, 0.05) is 19.6 Å². The van der Waals surface area contributed by atoms with Gasteiger partial charge in [-0.25, -0.2) is 0 Å². The van der Waals surface area contributed by atoms with Gasteiger partial charge in [-0.15, -0.1) is 12.4 Å². The summed E-state index contributed by atoms with van der Waals surface area (Å²) in [5.41, 5.74) is 2.30. The van der Waals surface area contributed by atoms with Gasteiger partial charge in [0.1, 0.15) is 5.75 Å². The lowest BCUT2D eigenvalue weighted by atomic mass is 10.0. The van der Waals surface area contributed by atoms with Crippen molar-refractivity contribution in [1.29, 1.82) is 0 Å². The number of benzene rings is 1. The summed E-state index contributed by atoms with van der Waals surface area (Å²) >= 11 is 0. The zero-order valence-electron chi connectivity index (χ0n) is 13.9. The Balaban J connectivity index is 0.00000242. The van der Waals surface area contributed by atoms with Crippen LogP contribution in [0, 0.1) is 6.92 Å². The maximum atomic E-state index is 12.2. The molecule has 0 aliphatic carbocycles. The highest BCUT2D eigenvalue weighted by Gasteiger charge is 2.23. The molecule has 1 aromatic rings. The van der Waals surface area contributed by atoms with Crippen LogP contribution in [-0.4, -0.2) is 43.6 Å². The number of carbonyl (C=O) groups excluding carboxylic acids is 1. The minimum Gasteiger partial charge on any atom is -0.483 e. The Morgan fingerprint density at radius 1 is 1.45 bits per heavy atom. The molecule has 2 rings (SSSR count). The van der Waals surface area contributed by atoms with E-state index in [0.29, 0.717) is 12.0 Å². The Labute approximate surface area is 139 Å². The first-order chi connectivity index (χ1) is 9.99. The molecule has 4 nitrogen and oxygen atoms in total. The number of hydrogen-bond acceptors (Lipinski definition) is 3. The van der Waals surface area contributed by atoms with Gasteiger partial charge < -0.3 is 15.0 Å². The summed E-state index contributed by atoms with van der Waals surface area (Å²) in [5.74, 6) is 1.25. The van der Waals surface area contributed by atoms with Crippen molar-refractivity contribution in [3.05, 3.63) is 29.3 Å². The first kappa shape index (κ1) is 18.8. The summed E-state index contributed by atoms with van der Waals surface area (Å²) in [6, 6.07) is 6.48. The van der Waals surface area contributed by atoms with Gasteiger partial charge >= 0.3 is 0 Å². The molecule has 0 bridgehead atoms. The molecule has 1 fully saturated rings. The fourth-order valence-electron chi connectivity index (χ4n) is 2.66. The molecule has 1 saturated heterocycles. The minimum absolute atomic E-state index is 0. The fraction of sp³-hybridized carbons (Fsp3) is 0.588. The van der Waals surface area contributed by atoms with Crippen LogP contribution in [0.15, 0.2) is 18.2 Å². The highest BCUT2D eigenvalue weighted by molar-refractivity contribution is 5.85. The van der Waals surface area contributed by atoms with Gasteiger partial charge in [-0.2, -0.15) is 0 Å². The van der Waals surface area contributed by atoms with Crippen LogP contribution < -0.4 is 10.1 Å². The third kappa shape index (κ3) is 4.62. The Morgan fingerprint density at radius 3 is 2.77 bits per heavy atom. The van der Waals surface area contributed by atoms with Crippen LogP contribution in [0.1, 0.15) is 37.3 Å². The van der Waals surface area contributed by atoms with Crippen LogP contribution in [0.3, 0.4) is 0 Å². The van der Waals surface area contributed by atoms with Crippen LogP contribution in [0.2, 0.25) is 0 Å². The molecule has 1 unspecified atom stereocenters. The van der Waals surface area contributed by atoms with E-state index in [2.05, 4.69) is 31.3 Å². The zero-order chi connectivity index (χ0) is 15.4. The topological polar surface area (TPSA) is 41.6 Å². The van der Waals surface area contributed by atoms with Gasteiger partial charge in [-0.3, -0.25) is 4.79 Å². The summed E-state index contributed by atoms with van der Waals surface area (Å²) in [4.78, 5) is 14.1. The van der Waals surface area contributed by atoms with Gasteiger partial charge in [0.15, 0.2) is 6.61 Å². The van der Waals surface area contributed by atoms with E-state index in [4.69, 9.17) is 4.74 Å². The lowest BCUT2D eigenvalue weighted by Crippen LogP contribution is -2.41. The van der Waals surface area contributed by atoms with Crippen molar-refractivity contribution < 1.29 is 9.53 Å². The van der Waals surface area contributed by atoms with Crippen molar-refractivity contribution in [3.8, 4) is 5.75 Å². The van der Waals surface area contributed by atoms with Gasteiger partial charge in [-0.1, -0.05) is 26.0 Å². The Kier molecular flexibility index (Phi) is 7.17. The molecule has 1 aromatic carbocycles. The molecule has 1 N–H and O–H groups in total. The van der Waals surface area contributed by atoms with E-state index in [1.54, 1.807) is 0 Å². The van der Waals surface area contributed by atoms with E-state index in [0.717, 1.165) is 36.4 Å². The summed E-state index contributed by atoms with van der Waals surface area (Å²) in [6.45, 7) is 8.28. The largest absolute Gasteiger partial charge is 0.483 e. The van der Waals surface area contributed by atoms with Crippen LogP contribution >= 0.6 is 12.4 Å². The molecule has 1 heterocycles. The van der Waals surface area contributed by atoms with Crippen molar-refractivity contribution in [2.24, 2.45) is 0 Å². The van der Waals surface area contributed by atoms with Crippen molar-refractivity contribution >= 4 is 18.3 Å². The standard InChI is InChI=1S/C17H26N2O2.ClH/c1-12(2)15-6-5-13(3)9-16(15)21-11-17(20)19(4)14-7-8-18-10-14;/h5-6,9,12,14,18H,7-8,10-11H2,1-4H3;1H. The second-order valence-electron chi connectivity index (χ2n) is 6.14. The fourth-order valence-corrected chi connectivity index (χ4v) is 2.66. The third-order valence-corrected chi connectivity index (χ3v) is 4.12. The van der Waals surface area contributed by atoms with Crippen LogP contribution in [-0.2, 0) is 4.79 Å². The first-order valence-corrected chi connectivity index (χ1v) is 7.68. The monoisotopic (exact) mass is 326 g/mol. The zero-order valence-corrected chi connectivity index (χ0v) is 14.7. The predicted molar refractivity (Wildman–Crippen MR) is 92.1 cm³/mol. The molecule has 5 heteroatoms. The summed E-state index contributed by atoms with van der Waals surface area (Å²) in [6.07, 6.45) is 1.02. The number of likely N-dealkylation sites (N-methyl/N-ethyl adjacent to an activating group) is 1. The normalized spacial score (nSPS) is 17.2.